The van der Waals surface area contributed by atoms with Gasteiger partial charge < -0.3 is 4.74 Å². The van der Waals surface area contributed by atoms with Crippen molar-refractivity contribution in [2.45, 2.75) is 72.6 Å². The number of rotatable bonds is 5. The Bertz CT molecular complexity index is 601. The summed E-state index contributed by atoms with van der Waals surface area (Å²) in [6, 6.07) is 4.23. The van der Waals surface area contributed by atoms with Gasteiger partial charge in [0.2, 0.25) is 0 Å². The molecule has 3 heteroatoms. The Morgan fingerprint density at radius 3 is 2.12 bits per heavy atom. The van der Waals surface area contributed by atoms with Crippen LogP contribution in [0.15, 0.2) is 12.1 Å². The summed E-state index contributed by atoms with van der Waals surface area (Å²) in [6.07, 6.45) is 4.18. The Kier molecular flexibility index (Phi) is 5.84. The number of esters is 1. The molecule has 1 aliphatic rings. The molecule has 1 aromatic rings. The molecule has 1 aromatic carbocycles. The molecule has 0 radical (unpaired) electrons. The molecule has 24 heavy (non-hydrogen) atoms. The number of hydrogen-bond donors (Lipinski definition) is 0. The second-order valence-electron chi connectivity index (χ2n) is 7.26. The average Bonchev–Trinajstić information content (AvgIpc) is 2.53. The molecule has 1 atom stereocenters. The van der Waals surface area contributed by atoms with E-state index in [1.807, 2.05) is 6.92 Å². The highest BCUT2D eigenvalue weighted by molar-refractivity contribution is 6.07. The molecule has 3 nitrogen and oxygen atoms in total. The van der Waals surface area contributed by atoms with Crippen LogP contribution < -0.4 is 0 Å². The van der Waals surface area contributed by atoms with Gasteiger partial charge in [0.1, 0.15) is 5.41 Å². The molecule has 0 heterocycles. The molecule has 132 valence electrons. The minimum Gasteiger partial charge on any atom is -0.465 e. The second-order valence-corrected chi connectivity index (χ2v) is 7.26. The van der Waals surface area contributed by atoms with Crippen LogP contribution in [0.2, 0.25) is 0 Å². The van der Waals surface area contributed by atoms with Crippen molar-refractivity contribution in [1.82, 2.24) is 0 Å². The van der Waals surface area contributed by atoms with Crippen molar-refractivity contribution in [1.29, 1.82) is 0 Å². The van der Waals surface area contributed by atoms with E-state index >= 15 is 0 Å². The summed E-state index contributed by atoms with van der Waals surface area (Å²) in [7, 11) is 0. The number of benzene rings is 1. The third-order valence-electron chi connectivity index (χ3n) is 5.41. The van der Waals surface area contributed by atoms with E-state index in [4.69, 9.17) is 4.74 Å². The lowest BCUT2D eigenvalue weighted by molar-refractivity contribution is -0.163. The van der Waals surface area contributed by atoms with Crippen LogP contribution >= 0.6 is 0 Å². The van der Waals surface area contributed by atoms with Crippen LogP contribution in [-0.2, 0) is 14.3 Å². The van der Waals surface area contributed by atoms with E-state index in [9.17, 15) is 9.59 Å². The van der Waals surface area contributed by atoms with Crippen LogP contribution in [0.5, 0.6) is 0 Å². The lowest BCUT2D eigenvalue weighted by Gasteiger charge is -2.36. The van der Waals surface area contributed by atoms with Gasteiger partial charge in [0, 0.05) is 5.92 Å². The Labute approximate surface area is 145 Å². The van der Waals surface area contributed by atoms with Gasteiger partial charge in [-0.05, 0) is 57.2 Å². The first-order chi connectivity index (χ1) is 11.3. The fourth-order valence-electron chi connectivity index (χ4n) is 4.40. The molecule has 0 aromatic heterocycles. The molecule has 1 unspecified atom stereocenters. The van der Waals surface area contributed by atoms with Gasteiger partial charge in [0.15, 0.2) is 5.78 Å². The summed E-state index contributed by atoms with van der Waals surface area (Å²) >= 11 is 0. The number of carbonyl (C=O) groups excluding carboxylic acids is 2. The van der Waals surface area contributed by atoms with Gasteiger partial charge in [-0.2, -0.15) is 0 Å². The molecule has 1 fully saturated rings. The molecular formula is C21H30O3. The molecule has 0 amide bonds. The minimum atomic E-state index is -0.947. The van der Waals surface area contributed by atoms with Gasteiger partial charge in [-0.1, -0.05) is 43.9 Å². The molecular weight excluding hydrogens is 300 g/mol. The predicted molar refractivity (Wildman–Crippen MR) is 96.2 cm³/mol. The maximum Gasteiger partial charge on any atom is 0.319 e. The molecule has 0 N–H and O–H groups in total. The molecule has 1 saturated carbocycles. The van der Waals surface area contributed by atoms with Crippen molar-refractivity contribution >= 4 is 11.8 Å². The number of ketones is 1. The van der Waals surface area contributed by atoms with Crippen molar-refractivity contribution in [3.63, 3.8) is 0 Å². The fraction of sp³-hybridized carbons (Fsp3) is 0.619. The first kappa shape index (κ1) is 18.7. The van der Waals surface area contributed by atoms with Gasteiger partial charge in [0.05, 0.1) is 6.61 Å². The summed E-state index contributed by atoms with van der Waals surface area (Å²) in [5.74, 6) is -0.562. The lowest BCUT2D eigenvalue weighted by atomic mass is 9.66. The SMILES string of the molecule is CCOC(=O)C1(C(=O)C(C)c2c(C)cc(C)cc2C)CCCCC1. The zero-order valence-electron chi connectivity index (χ0n) is 15.7. The first-order valence-corrected chi connectivity index (χ1v) is 9.12. The minimum absolute atomic E-state index is 0.0377. The quantitative estimate of drug-likeness (QED) is 0.575. The van der Waals surface area contributed by atoms with Crippen molar-refractivity contribution in [2.75, 3.05) is 6.61 Å². The van der Waals surface area contributed by atoms with E-state index in [0.717, 1.165) is 36.0 Å². The van der Waals surface area contributed by atoms with Crippen LogP contribution in [0.3, 0.4) is 0 Å². The Morgan fingerprint density at radius 2 is 1.62 bits per heavy atom. The maximum absolute atomic E-state index is 13.4. The van der Waals surface area contributed by atoms with Crippen LogP contribution in [0.4, 0.5) is 0 Å². The van der Waals surface area contributed by atoms with E-state index in [2.05, 4.69) is 32.9 Å². The Morgan fingerprint density at radius 1 is 1.08 bits per heavy atom. The highest BCUT2D eigenvalue weighted by Crippen LogP contribution is 2.43. The Balaban J connectivity index is 2.41. The van der Waals surface area contributed by atoms with Crippen molar-refractivity contribution in [2.24, 2.45) is 5.41 Å². The van der Waals surface area contributed by atoms with Gasteiger partial charge in [0.25, 0.3) is 0 Å². The first-order valence-electron chi connectivity index (χ1n) is 9.12. The number of Topliss-reactive ketones (excluding diaryl/α,β-unsaturated/α-hetero) is 1. The summed E-state index contributed by atoms with van der Waals surface area (Å²) in [5, 5.41) is 0. The normalized spacial score (nSPS) is 18.0. The molecule has 0 bridgehead atoms. The highest BCUT2D eigenvalue weighted by atomic mass is 16.5. The number of aryl methyl sites for hydroxylation is 3. The fourth-order valence-corrected chi connectivity index (χ4v) is 4.40. The number of hydrogen-bond acceptors (Lipinski definition) is 3. The molecule has 2 rings (SSSR count). The summed E-state index contributed by atoms with van der Waals surface area (Å²) in [4.78, 5) is 26.1. The van der Waals surface area contributed by atoms with Gasteiger partial charge in [-0.25, -0.2) is 0 Å². The topological polar surface area (TPSA) is 43.4 Å². The molecule has 0 saturated heterocycles. The van der Waals surface area contributed by atoms with E-state index in [1.54, 1.807) is 6.92 Å². The van der Waals surface area contributed by atoms with E-state index in [-0.39, 0.29) is 17.7 Å². The summed E-state index contributed by atoms with van der Waals surface area (Å²) < 4.78 is 5.31. The van der Waals surface area contributed by atoms with Gasteiger partial charge >= 0.3 is 5.97 Å². The smallest absolute Gasteiger partial charge is 0.319 e. The van der Waals surface area contributed by atoms with Crippen molar-refractivity contribution < 1.29 is 14.3 Å². The zero-order valence-corrected chi connectivity index (χ0v) is 15.7. The number of carbonyl (C=O) groups is 2. The Hall–Kier alpha value is -1.64. The zero-order chi connectivity index (χ0) is 17.9. The second kappa shape index (κ2) is 7.50. The monoisotopic (exact) mass is 330 g/mol. The van der Waals surface area contributed by atoms with Crippen LogP contribution in [-0.4, -0.2) is 18.4 Å². The van der Waals surface area contributed by atoms with Crippen LogP contribution in [0, 0.1) is 26.2 Å². The van der Waals surface area contributed by atoms with Crippen molar-refractivity contribution in [3.05, 3.63) is 34.4 Å². The van der Waals surface area contributed by atoms with Gasteiger partial charge in [-0.3, -0.25) is 9.59 Å². The lowest BCUT2D eigenvalue weighted by Crippen LogP contribution is -2.44. The third kappa shape index (κ3) is 3.40. The molecule has 0 spiro atoms. The maximum atomic E-state index is 13.4. The van der Waals surface area contributed by atoms with Crippen LogP contribution in [0.25, 0.3) is 0 Å². The third-order valence-corrected chi connectivity index (χ3v) is 5.41. The standard InChI is InChI=1S/C21H30O3/c1-6-24-20(23)21(10-8-7-9-11-21)19(22)17(5)18-15(3)12-14(2)13-16(18)4/h12-13,17H,6-11H2,1-5H3. The predicted octanol–water partition coefficient (Wildman–Crippen LogP) is 4.80. The average molecular weight is 330 g/mol. The van der Waals surface area contributed by atoms with E-state index < -0.39 is 5.41 Å². The highest BCUT2D eigenvalue weighted by Gasteiger charge is 2.49. The largest absolute Gasteiger partial charge is 0.465 e. The number of ether oxygens (including phenoxy) is 1. The molecule has 0 aliphatic heterocycles. The van der Waals surface area contributed by atoms with Crippen molar-refractivity contribution in [3.8, 4) is 0 Å². The van der Waals surface area contributed by atoms with E-state index in [0.29, 0.717) is 19.4 Å². The van der Waals surface area contributed by atoms with Crippen LogP contribution in [0.1, 0.15) is 74.1 Å². The summed E-state index contributed by atoms with van der Waals surface area (Å²) in [5.41, 5.74) is 3.58. The van der Waals surface area contributed by atoms with E-state index in [1.165, 1.54) is 5.56 Å². The summed E-state index contributed by atoms with van der Waals surface area (Å²) in [6.45, 7) is 10.2. The molecule has 1 aliphatic carbocycles. The van der Waals surface area contributed by atoms with Gasteiger partial charge in [-0.15, -0.1) is 0 Å².